The Bertz CT molecular complexity index is 1610. The van der Waals surface area contributed by atoms with Crippen molar-refractivity contribution in [3.63, 3.8) is 0 Å². The number of aliphatic hydroxyl groups is 1. The summed E-state index contributed by atoms with van der Waals surface area (Å²) < 4.78 is 1.24. The number of nitrogens with zero attached hydrogens (tertiary/aromatic N) is 1. The summed E-state index contributed by atoms with van der Waals surface area (Å²) in [6, 6.07) is 25.0. The average molecular weight is 729 g/mol. The number of aliphatic hydroxyl groups excluding tert-OH is 1. The van der Waals surface area contributed by atoms with E-state index in [1.165, 1.54) is 37.2 Å². The predicted octanol–water partition coefficient (Wildman–Crippen LogP) is 10.2. The smallest absolute Gasteiger partial charge is 0.162 e. The van der Waals surface area contributed by atoms with Gasteiger partial charge in [-0.25, -0.2) is 0 Å². The van der Waals surface area contributed by atoms with Gasteiger partial charge >= 0.3 is 0 Å². The van der Waals surface area contributed by atoms with E-state index in [1.807, 2.05) is 33.9 Å². The van der Waals surface area contributed by atoms with Crippen molar-refractivity contribution in [2.75, 3.05) is 0 Å². The number of carbonyl (C=O) groups is 1. The van der Waals surface area contributed by atoms with E-state index in [2.05, 4.69) is 73.7 Å². The number of allylic oxidation sites excluding steroid dienone is 2. The SMILES string of the molecule is CCC(CC)C(=O)/C=C(\O)C(CC)CC.Cc1cc2ccnc(-c3[c-]c4ccccc4c4ccccc34)c2s1.[Ir]. The van der Waals surface area contributed by atoms with Crippen molar-refractivity contribution >= 4 is 48.8 Å². The van der Waals surface area contributed by atoms with Gasteiger partial charge in [0.2, 0.25) is 0 Å². The number of carbonyl (C=O) groups excluding carboxylic acids is 1. The molecule has 0 spiro atoms. The van der Waals surface area contributed by atoms with Gasteiger partial charge in [0, 0.05) is 59.5 Å². The zero-order valence-electron chi connectivity index (χ0n) is 24.0. The van der Waals surface area contributed by atoms with Crippen LogP contribution in [0.4, 0.5) is 0 Å². The fourth-order valence-electron chi connectivity index (χ4n) is 5.20. The van der Waals surface area contributed by atoms with Crippen LogP contribution in [0.15, 0.2) is 78.7 Å². The molecule has 0 saturated carbocycles. The van der Waals surface area contributed by atoms with Crippen LogP contribution in [0.3, 0.4) is 0 Å². The molecule has 0 aliphatic carbocycles. The molecule has 0 unspecified atom stereocenters. The Labute approximate surface area is 255 Å². The van der Waals surface area contributed by atoms with Crippen LogP contribution in [0.5, 0.6) is 0 Å². The average Bonchev–Trinajstić information content (AvgIpc) is 3.34. The molecule has 1 N–H and O–H groups in total. The second-order valence-corrected chi connectivity index (χ2v) is 11.3. The molecule has 0 aliphatic heterocycles. The van der Waals surface area contributed by atoms with Crippen molar-refractivity contribution in [2.45, 2.75) is 60.3 Å². The van der Waals surface area contributed by atoms with Crippen LogP contribution in [0, 0.1) is 24.8 Å². The zero-order valence-corrected chi connectivity index (χ0v) is 27.2. The minimum absolute atomic E-state index is 0. The van der Waals surface area contributed by atoms with Crippen molar-refractivity contribution in [3.8, 4) is 11.3 Å². The van der Waals surface area contributed by atoms with Crippen LogP contribution in [-0.4, -0.2) is 15.9 Å². The Morgan fingerprint density at radius 1 is 0.900 bits per heavy atom. The number of rotatable bonds is 8. The largest absolute Gasteiger partial charge is 0.512 e. The summed E-state index contributed by atoms with van der Waals surface area (Å²) in [4.78, 5) is 17.8. The first-order valence-electron chi connectivity index (χ1n) is 14.0. The van der Waals surface area contributed by atoms with Crippen LogP contribution < -0.4 is 0 Å². The van der Waals surface area contributed by atoms with Crippen LogP contribution in [-0.2, 0) is 24.9 Å². The number of fused-ring (bicyclic) bond motifs is 4. The van der Waals surface area contributed by atoms with E-state index in [1.54, 1.807) is 11.3 Å². The van der Waals surface area contributed by atoms with E-state index < -0.39 is 0 Å². The molecular weight excluding hydrogens is 691 g/mol. The van der Waals surface area contributed by atoms with Crippen LogP contribution in [0.25, 0.3) is 42.9 Å². The van der Waals surface area contributed by atoms with Gasteiger partial charge in [-0.3, -0.25) is 9.78 Å². The third kappa shape index (κ3) is 6.89. The molecule has 1 radical (unpaired) electrons. The molecule has 3 aromatic carbocycles. The van der Waals surface area contributed by atoms with Crippen molar-refractivity contribution in [1.82, 2.24) is 4.98 Å². The second-order valence-electron chi connectivity index (χ2n) is 10.0. The Morgan fingerprint density at radius 3 is 2.15 bits per heavy atom. The number of benzene rings is 3. The van der Waals surface area contributed by atoms with E-state index in [0.29, 0.717) is 0 Å². The maximum atomic E-state index is 11.7. The van der Waals surface area contributed by atoms with E-state index in [4.69, 9.17) is 4.98 Å². The van der Waals surface area contributed by atoms with E-state index in [9.17, 15) is 9.90 Å². The third-order valence-electron chi connectivity index (χ3n) is 7.55. The number of thiophene rings is 1. The molecule has 40 heavy (non-hydrogen) atoms. The van der Waals surface area contributed by atoms with E-state index >= 15 is 0 Å². The van der Waals surface area contributed by atoms with Gasteiger partial charge in [-0.1, -0.05) is 91.9 Å². The Balaban J connectivity index is 0.000000243. The van der Waals surface area contributed by atoms with Gasteiger partial charge in [-0.05, 0) is 50.1 Å². The number of hydrogen-bond acceptors (Lipinski definition) is 4. The van der Waals surface area contributed by atoms with Crippen molar-refractivity contribution in [1.29, 1.82) is 0 Å². The Kier molecular flexibility index (Phi) is 11.6. The molecule has 2 aromatic heterocycles. The van der Waals surface area contributed by atoms with Crippen LogP contribution in [0.2, 0.25) is 0 Å². The first-order valence-corrected chi connectivity index (χ1v) is 14.9. The van der Waals surface area contributed by atoms with Gasteiger partial charge in [0.05, 0.1) is 5.76 Å². The van der Waals surface area contributed by atoms with Crippen LogP contribution in [0.1, 0.15) is 58.3 Å². The molecular formula is C35H38IrNO2S-. The second kappa shape index (κ2) is 14.7. The first kappa shape index (κ1) is 31.7. The summed E-state index contributed by atoms with van der Waals surface area (Å²) >= 11 is 1.81. The monoisotopic (exact) mass is 729 g/mol. The number of aryl methyl sites for hydroxylation is 1. The predicted molar refractivity (Wildman–Crippen MR) is 168 cm³/mol. The minimum atomic E-state index is 0. The Hall–Kier alpha value is -2.85. The normalized spacial score (nSPS) is 11.6. The van der Waals surface area contributed by atoms with Crippen LogP contribution >= 0.6 is 11.3 Å². The van der Waals surface area contributed by atoms with Gasteiger partial charge in [0.15, 0.2) is 5.78 Å². The van der Waals surface area contributed by atoms with E-state index in [0.717, 1.165) is 42.3 Å². The maximum Gasteiger partial charge on any atom is 0.162 e. The molecule has 211 valence electrons. The molecule has 5 heteroatoms. The number of pyridine rings is 1. The molecule has 5 rings (SSSR count). The summed E-state index contributed by atoms with van der Waals surface area (Å²) in [6.07, 6.45) is 6.81. The molecule has 0 saturated heterocycles. The third-order valence-corrected chi connectivity index (χ3v) is 8.62. The maximum absolute atomic E-state index is 11.7. The fourth-order valence-corrected chi connectivity index (χ4v) is 6.21. The minimum Gasteiger partial charge on any atom is -0.512 e. The fraction of sp³-hybridized carbons (Fsp3) is 0.314. The Morgan fingerprint density at radius 2 is 1.50 bits per heavy atom. The van der Waals surface area contributed by atoms with Gasteiger partial charge < -0.3 is 5.11 Å². The molecule has 0 amide bonds. The molecule has 0 fully saturated rings. The first-order chi connectivity index (χ1) is 18.9. The summed E-state index contributed by atoms with van der Waals surface area (Å²) in [6.45, 7) is 10.2. The number of hydrogen-bond donors (Lipinski definition) is 1. The van der Waals surface area contributed by atoms with Gasteiger partial charge in [0.1, 0.15) is 0 Å². The van der Waals surface area contributed by atoms with E-state index in [-0.39, 0.29) is 43.5 Å². The van der Waals surface area contributed by atoms with Crippen molar-refractivity contribution < 1.29 is 30.0 Å². The molecule has 3 nitrogen and oxygen atoms in total. The molecule has 0 bridgehead atoms. The van der Waals surface area contributed by atoms with Crippen molar-refractivity contribution in [2.24, 2.45) is 11.8 Å². The zero-order chi connectivity index (χ0) is 27.9. The van der Waals surface area contributed by atoms with Gasteiger partial charge in [-0.15, -0.1) is 28.9 Å². The molecule has 2 heterocycles. The van der Waals surface area contributed by atoms with Gasteiger partial charge in [-0.2, -0.15) is 0 Å². The topological polar surface area (TPSA) is 50.2 Å². The number of aromatic nitrogens is 1. The quantitative estimate of drug-likeness (QED) is 0.0749. The summed E-state index contributed by atoms with van der Waals surface area (Å²) in [5.41, 5.74) is 2.13. The summed E-state index contributed by atoms with van der Waals surface area (Å²) in [7, 11) is 0. The van der Waals surface area contributed by atoms with Crippen molar-refractivity contribution in [3.05, 3.63) is 89.6 Å². The van der Waals surface area contributed by atoms with Gasteiger partial charge in [0.25, 0.3) is 0 Å². The summed E-state index contributed by atoms with van der Waals surface area (Å²) in [5, 5.41) is 15.9. The molecule has 5 aromatic rings. The molecule has 0 atom stereocenters. The number of ketones is 1. The standard InChI is InChI=1S/C22H14NS.C13H24O2.Ir/c1-14-12-16-10-11-23-21(22(16)24-14)20-13-15-6-2-3-7-17(15)18-8-4-5-9-19(18)20;1-5-10(6-2)12(14)9-13(15)11(7-3)8-4;/h2-12H,1H3;9-11,14H,5-8H2,1-4H3;/q-1;;/b;12-9-;. The molecule has 0 aliphatic rings. The summed E-state index contributed by atoms with van der Waals surface area (Å²) in [5.74, 6) is 0.547.